The fraction of sp³-hybridized carbons (Fsp3) is 0.474. The molecule has 1 saturated carbocycles. The average Bonchev–Trinajstić information content (AvgIpc) is 3.39. The van der Waals surface area contributed by atoms with Crippen LogP contribution in [-0.4, -0.2) is 35.2 Å². The van der Waals surface area contributed by atoms with Gasteiger partial charge in [-0.15, -0.1) is 0 Å². The van der Waals surface area contributed by atoms with E-state index in [4.69, 9.17) is 0 Å². The zero-order valence-electron chi connectivity index (χ0n) is 14.7. The number of amides is 1. The topological polar surface area (TPSA) is 61.0 Å². The van der Waals surface area contributed by atoms with Crippen molar-refractivity contribution in [2.24, 2.45) is 0 Å². The van der Waals surface area contributed by atoms with E-state index in [1.54, 1.807) is 0 Å². The predicted molar refractivity (Wildman–Crippen MR) is 94.7 cm³/mol. The minimum Gasteiger partial charge on any atom is -0.355 e. The highest BCUT2D eigenvalue weighted by Crippen LogP contribution is 2.40. The molecule has 1 aromatic carbocycles. The van der Waals surface area contributed by atoms with E-state index < -0.39 is 17.6 Å². The minimum absolute atomic E-state index is 0.0358. The van der Waals surface area contributed by atoms with E-state index in [9.17, 15) is 18.0 Å². The average molecular weight is 378 g/mol. The molecule has 2 aliphatic rings. The number of hydrogen-bond acceptors (Lipinski definition) is 3. The Morgan fingerprint density at radius 3 is 2.56 bits per heavy atom. The molecule has 2 heterocycles. The molecule has 2 fully saturated rings. The quantitative estimate of drug-likeness (QED) is 0.853. The lowest BCUT2D eigenvalue weighted by molar-refractivity contribution is -0.137. The Bertz CT molecular complexity index is 820. The second-order valence-corrected chi connectivity index (χ2v) is 7.27. The summed E-state index contributed by atoms with van der Waals surface area (Å²) in [5.74, 6) is 1.09. The van der Waals surface area contributed by atoms with Gasteiger partial charge in [0.25, 0.3) is 5.91 Å². The summed E-state index contributed by atoms with van der Waals surface area (Å²) in [6, 6.07) is 6.57. The first-order valence-corrected chi connectivity index (χ1v) is 9.18. The van der Waals surface area contributed by atoms with Gasteiger partial charge in [0, 0.05) is 42.4 Å². The van der Waals surface area contributed by atoms with E-state index in [-0.39, 0.29) is 11.6 Å². The molecular formula is C19H21F3N4O. The number of halogens is 3. The van der Waals surface area contributed by atoms with Gasteiger partial charge >= 0.3 is 6.18 Å². The van der Waals surface area contributed by atoms with Crippen LogP contribution < -0.4 is 10.2 Å². The molecule has 0 bridgehead atoms. The Labute approximate surface area is 154 Å². The van der Waals surface area contributed by atoms with E-state index >= 15 is 0 Å². The molecule has 1 aliphatic carbocycles. The van der Waals surface area contributed by atoms with Crippen molar-refractivity contribution in [2.45, 2.75) is 43.8 Å². The summed E-state index contributed by atoms with van der Waals surface area (Å²) >= 11 is 0. The molecule has 27 heavy (non-hydrogen) atoms. The second kappa shape index (κ2) is 6.90. The number of hydrogen-bond donors (Lipinski definition) is 2. The Hall–Kier alpha value is -2.51. The molecule has 1 aliphatic heterocycles. The van der Waals surface area contributed by atoms with Crippen LogP contribution >= 0.6 is 0 Å². The summed E-state index contributed by atoms with van der Waals surface area (Å²) in [4.78, 5) is 14.5. The summed E-state index contributed by atoms with van der Waals surface area (Å²) in [7, 11) is 0. The predicted octanol–water partition coefficient (Wildman–Crippen LogP) is 3.70. The Balaban J connectivity index is 1.32. The fourth-order valence-electron chi connectivity index (χ4n) is 3.45. The van der Waals surface area contributed by atoms with Crippen molar-refractivity contribution < 1.29 is 18.0 Å². The molecule has 2 aromatic rings. The third-order valence-corrected chi connectivity index (χ3v) is 5.21. The zero-order valence-corrected chi connectivity index (χ0v) is 14.7. The number of anilines is 1. The maximum Gasteiger partial charge on any atom is 0.416 e. The summed E-state index contributed by atoms with van der Waals surface area (Å²) < 4.78 is 38.4. The molecule has 1 saturated heterocycles. The van der Waals surface area contributed by atoms with Crippen molar-refractivity contribution in [2.75, 3.05) is 18.0 Å². The van der Waals surface area contributed by atoms with Gasteiger partial charge in [0.2, 0.25) is 0 Å². The van der Waals surface area contributed by atoms with Crippen molar-refractivity contribution in [3.63, 3.8) is 0 Å². The van der Waals surface area contributed by atoms with Crippen LogP contribution in [0.2, 0.25) is 0 Å². The third-order valence-electron chi connectivity index (χ3n) is 5.21. The maximum absolute atomic E-state index is 12.8. The van der Waals surface area contributed by atoms with Crippen molar-refractivity contribution in [1.82, 2.24) is 15.5 Å². The van der Waals surface area contributed by atoms with Crippen molar-refractivity contribution >= 4 is 11.7 Å². The molecule has 0 radical (unpaired) electrons. The van der Waals surface area contributed by atoms with Gasteiger partial charge in [-0.1, -0.05) is 6.07 Å². The Kier molecular flexibility index (Phi) is 4.57. The van der Waals surface area contributed by atoms with E-state index in [2.05, 4.69) is 26.5 Å². The number of benzene rings is 1. The molecule has 4 rings (SSSR count). The number of carbonyl (C=O) groups is 1. The monoisotopic (exact) mass is 378 g/mol. The molecule has 0 spiro atoms. The van der Waals surface area contributed by atoms with Gasteiger partial charge in [-0.2, -0.15) is 18.3 Å². The van der Waals surface area contributed by atoms with Crippen LogP contribution in [0.25, 0.3) is 0 Å². The van der Waals surface area contributed by atoms with Gasteiger partial charge < -0.3 is 10.2 Å². The van der Waals surface area contributed by atoms with Crippen LogP contribution in [0.5, 0.6) is 0 Å². The first kappa shape index (κ1) is 17.9. The van der Waals surface area contributed by atoms with E-state index in [1.165, 1.54) is 30.7 Å². The SMILES string of the molecule is O=C(NC1CCN(c2cc(C3CC3)[nH]n2)CC1)c1cccc(C(F)(F)F)c1. The van der Waals surface area contributed by atoms with Crippen molar-refractivity contribution in [3.8, 4) is 0 Å². The van der Waals surface area contributed by atoms with Gasteiger partial charge in [0.15, 0.2) is 5.82 Å². The van der Waals surface area contributed by atoms with Gasteiger partial charge in [-0.25, -0.2) is 0 Å². The Morgan fingerprint density at radius 1 is 1.15 bits per heavy atom. The molecule has 144 valence electrons. The van der Waals surface area contributed by atoms with Gasteiger partial charge in [-0.3, -0.25) is 9.89 Å². The van der Waals surface area contributed by atoms with Crippen LogP contribution in [0.15, 0.2) is 30.3 Å². The lowest BCUT2D eigenvalue weighted by Crippen LogP contribution is -2.44. The van der Waals surface area contributed by atoms with E-state index in [1.807, 2.05) is 0 Å². The number of H-pyrrole nitrogens is 1. The molecule has 0 atom stereocenters. The normalized spacial score (nSPS) is 18.6. The lowest BCUT2D eigenvalue weighted by atomic mass is 10.0. The van der Waals surface area contributed by atoms with Crippen molar-refractivity contribution in [3.05, 3.63) is 47.2 Å². The molecule has 1 amide bonds. The molecule has 8 heteroatoms. The first-order valence-electron chi connectivity index (χ1n) is 9.18. The van der Waals surface area contributed by atoms with Gasteiger partial charge in [0.1, 0.15) is 0 Å². The first-order chi connectivity index (χ1) is 12.9. The lowest BCUT2D eigenvalue weighted by Gasteiger charge is -2.32. The number of aromatic amines is 1. The van der Waals surface area contributed by atoms with Crippen LogP contribution in [0.1, 0.15) is 53.2 Å². The highest BCUT2D eigenvalue weighted by atomic mass is 19.4. The van der Waals surface area contributed by atoms with Gasteiger partial charge in [-0.05, 0) is 43.9 Å². The Morgan fingerprint density at radius 2 is 1.89 bits per heavy atom. The van der Waals surface area contributed by atoms with Gasteiger partial charge in [0.05, 0.1) is 5.56 Å². The summed E-state index contributed by atoms with van der Waals surface area (Å²) in [5, 5.41) is 10.3. The summed E-state index contributed by atoms with van der Waals surface area (Å²) in [5.41, 5.74) is 0.411. The van der Waals surface area contributed by atoms with E-state index in [0.717, 1.165) is 43.9 Å². The summed E-state index contributed by atoms with van der Waals surface area (Å²) in [6.07, 6.45) is -0.562. The van der Waals surface area contributed by atoms with E-state index in [0.29, 0.717) is 5.92 Å². The number of aromatic nitrogens is 2. The third kappa shape index (κ3) is 4.09. The molecule has 2 N–H and O–H groups in total. The molecule has 1 aromatic heterocycles. The molecule has 5 nitrogen and oxygen atoms in total. The number of alkyl halides is 3. The highest BCUT2D eigenvalue weighted by molar-refractivity contribution is 5.94. The smallest absolute Gasteiger partial charge is 0.355 e. The highest BCUT2D eigenvalue weighted by Gasteiger charge is 2.31. The second-order valence-electron chi connectivity index (χ2n) is 7.27. The van der Waals surface area contributed by atoms with Crippen LogP contribution in [0.4, 0.5) is 19.0 Å². The molecule has 0 unspecified atom stereocenters. The zero-order chi connectivity index (χ0) is 19.0. The minimum atomic E-state index is -4.45. The number of nitrogens with one attached hydrogen (secondary N) is 2. The largest absolute Gasteiger partial charge is 0.416 e. The number of carbonyl (C=O) groups excluding carboxylic acids is 1. The number of piperidine rings is 1. The van der Waals surface area contributed by atoms with Crippen LogP contribution in [0, 0.1) is 0 Å². The molecular weight excluding hydrogens is 357 g/mol. The fourth-order valence-corrected chi connectivity index (χ4v) is 3.45. The number of nitrogens with zero attached hydrogens (tertiary/aromatic N) is 2. The van der Waals surface area contributed by atoms with Crippen molar-refractivity contribution in [1.29, 1.82) is 0 Å². The number of rotatable bonds is 4. The van der Waals surface area contributed by atoms with Crippen LogP contribution in [0.3, 0.4) is 0 Å². The summed E-state index contributed by atoms with van der Waals surface area (Å²) in [6.45, 7) is 1.50. The standard InChI is InChI=1S/C19H21F3N4O/c20-19(21,22)14-3-1-2-13(10-14)18(27)23-15-6-8-26(9-7-15)17-11-16(24-25-17)12-4-5-12/h1-3,10-12,15H,4-9H2,(H,23,27)(H,24,25). The maximum atomic E-state index is 12.8. The van der Waals surface area contributed by atoms with Crippen LogP contribution in [-0.2, 0) is 6.18 Å².